The minimum atomic E-state index is 0.893. The van der Waals surface area contributed by atoms with Gasteiger partial charge in [0.1, 0.15) is 22.3 Å². The largest absolute Gasteiger partial charge is 0.455 e. The molecule has 0 unspecified atom stereocenters. The van der Waals surface area contributed by atoms with Crippen LogP contribution in [0.3, 0.4) is 0 Å². The summed E-state index contributed by atoms with van der Waals surface area (Å²) in [5.74, 6) is 0. The maximum atomic E-state index is 6.50. The Morgan fingerprint density at radius 2 is 0.882 bits per heavy atom. The second-order valence-electron chi connectivity index (χ2n) is 13.2. The van der Waals surface area contributed by atoms with Crippen molar-refractivity contribution >= 4 is 93.3 Å². The zero-order valence-electron chi connectivity index (χ0n) is 27.4. The molecular weight excluding hydrogens is 625 g/mol. The van der Waals surface area contributed by atoms with Gasteiger partial charge in [-0.2, -0.15) is 0 Å². The fraction of sp³-hybridized carbons (Fsp3) is 0. The van der Waals surface area contributed by atoms with Crippen LogP contribution in [-0.4, -0.2) is 4.98 Å². The number of pyridine rings is 1. The van der Waals surface area contributed by atoms with Gasteiger partial charge in [-0.25, -0.2) is 0 Å². The molecule has 11 rings (SSSR count). The first-order chi connectivity index (χ1) is 25.2. The van der Waals surface area contributed by atoms with Crippen LogP contribution in [0.5, 0.6) is 0 Å². The predicted octanol–water partition coefficient (Wildman–Crippen LogP) is 13.5. The number of hydrogen-bond donors (Lipinski definition) is 0. The summed E-state index contributed by atoms with van der Waals surface area (Å²) in [5.41, 5.74) is 8.69. The minimum absolute atomic E-state index is 0.893. The summed E-state index contributed by atoms with van der Waals surface area (Å²) < 4.78 is 13.0. The van der Waals surface area contributed by atoms with Crippen molar-refractivity contribution in [1.82, 2.24) is 4.98 Å². The number of nitrogens with zero attached hydrogens (tertiary/aromatic N) is 2. The van der Waals surface area contributed by atoms with Gasteiger partial charge in [-0.3, -0.25) is 4.98 Å². The van der Waals surface area contributed by atoms with Crippen LogP contribution in [0.2, 0.25) is 0 Å². The fourth-order valence-corrected chi connectivity index (χ4v) is 7.73. The van der Waals surface area contributed by atoms with E-state index >= 15 is 0 Å². The number of para-hydroxylation sites is 2. The SMILES string of the molecule is c1ccc2cc(-c3ccc(N(c4ccc5ccc6c7ccccc7oc6c5c4)c4ccc5ccc6c7ccccc7oc6c5c4)cc3)ncc2c1. The molecule has 238 valence electrons. The quantitative estimate of drug-likeness (QED) is 0.190. The van der Waals surface area contributed by atoms with Gasteiger partial charge >= 0.3 is 0 Å². The third kappa shape index (κ3) is 4.37. The van der Waals surface area contributed by atoms with E-state index in [1.54, 1.807) is 0 Å². The molecule has 0 aliphatic rings. The predicted molar refractivity (Wildman–Crippen MR) is 211 cm³/mol. The number of furan rings is 2. The van der Waals surface area contributed by atoms with Gasteiger partial charge in [-0.05, 0) is 82.9 Å². The topological polar surface area (TPSA) is 42.4 Å². The number of anilines is 3. The Bertz CT molecular complexity index is 3000. The zero-order valence-corrected chi connectivity index (χ0v) is 27.4. The lowest BCUT2D eigenvalue weighted by atomic mass is 10.0. The lowest BCUT2D eigenvalue weighted by Crippen LogP contribution is -2.10. The van der Waals surface area contributed by atoms with Crippen molar-refractivity contribution in [3.05, 3.63) is 170 Å². The Balaban J connectivity index is 1.12. The van der Waals surface area contributed by atoms with Crippen LogP contribution in [0, 0.1) is 0 Å². The molecule has 0 aliphatic heterocycles. The van der Waals surface area contributed by atoms with Gasteiger partial charge in [0.2, 0.25) is 0 Å². The Hall–Kier alpha value is -6.91. The van der Waals surface area contributed by atoms with Crippen LogP contribution in [-0.2, 0) is 0 Å². The molecule has 0 fully saturated rings. The van der Waals surface area contributed by atoms with Crippen LogP contribution in [0.1, 0.15) is 0 Å². The third-order valence-electron chi connectivity index (χ3n) is 10.3. The van der Waals surface area contributed by atoms with E-state index < -0.39 is 0 Å². The Morgan fingerprint density at radius 3 is 1.49 bits per heavy atom. The molecule has 3 heterocycles. The molecule has 0 spiro atoms. The van der Waals surface area contributed by atoms with Crippen molar-refractivity contribution < 1.29 is 8.83 Å². The molecule has 0 N–H and O–H groups in total. The smallest absolute Gasteiger partial charge is 0.143 e. The molecule has 0 atom stereocenters. The van der Waals surface area contributed by atoms with Gasteiger partial charge in [0, 0.05) is 66.5 Å². The van der Waals surface area contributed by atoms with Gasteiger partial charge in [0.15, 0.2) is 0 Å². The van der Waals surface area contributed by atoms with Crippen LogP contribution in [0.4, 0.5) is 17.1 Å². The highest BCUT2D eigenvalue weighted by atomic mass is 16.3. The minimum Gasteiger partial charge on any atom is -0.455 e. The molecule has 0 bridgehead atoms. The van der Waals surface area contributed by atoms with Crippen molar-refractivity contribution in [2.45, 2.75) is 0 Å². The normalized spacial score (nSPS) is 11.9. The summed E-state index contributed by atoms with van der Waals surface area (Å²) >= 11 is 0. The summed E-state index contributed by atoms with van der Waals surface area (Å²) in [6.07, 6.45) is 1.95. The number of rotatable bonds is 4. The van der Waals surface area contributed by atoms with E-state index in [2.05, 4.69) is 138 Å². The Kier molecular flexibility index (Phi) is 5.92. The lowest BCUT2D eigenvalue weighted by molar-refractivity contribution is 0.672. The molecule has 4 heteroatoms. The second-order valence-corrected chi connectivity index (χ2v) is 13.2. The van der Waals surface area contributed by atoms with Gasteiger partial charge in [-0.15, -0.1) is 0 Å². The summed E-state index contributed by atoms with van der Waals surface area (Å²) in [7, 11) is 0. The first kappa shape index (κ1) is 28.0. The monoisotopic (exact) mass is 652 g/mol. The zero-order chi connectivity index (χ0) is 33.5. The van der Waals surface area contributed by atoms with E-state index in [9.17, 15) is 0 Å². The van der Waals surface area contributed by atoms with Crippen molar-refractivity contribution in [1.29, 1.82) is 0 Å². The lowest BCUT2D eigenvalue weighted by Gasteiger charge is -2.26. The first-order valence-corrected chi connectivity index (χ1v) is 17.2. The van der Waals surface area contributed by atoms with Crippen LogP contribution >= 0.6 is 0 Å². The number of benzene rings is 8. The van der Waals surface area contributed by atoms with Crippen LogP contribution < -0.4 is 4.90 Å². The number of aromatic nitrogens is 1. The number of hydrogen-bond acceptors (Lipinski definition) is 4. The average Bonchev–Trinajstić information content (AvgIpc) is 3.77. The van der Waals surface area contributed by atoms with E-state index in [-0.39, 0.29) is 0 Å². The highest BCUT2D eigenvalue weighted by Gasteiger charge is 2.18. The van der Waals surface area contributed by atoms with E-state index in [0.717, 1.165) is 99.1 Å². The molecule has 0 amide bonds. The van der Waals surface area contributed by atoms with Crippen molar-refractivity contribution in [2.24, 2.45) is 0 Å². The van der Waals surface area contributed by atoms with E-state index in [4.69, 9.17) is 13.8 Å². The van der Waals surface area contributed by atoms with E-state index in [1.807, 2.05) is 36.5 Å². The van der Waals surface area contributed by atoms with Gasteiger partial charge in [0.05, 0.1) is 5.69 Å². The molecule has 51 heavy (non-hydrogen) atoms. The maximum Gasteiger partial charge on any atom is 0.143 e. The van der Waals surface area contributed by atoms with Crippen molar-refractivity contribution in [3.8, 4) is 11.3 Å². The molecule has 4 nitrogen and oxygen atoms in total. The highest BCUT2D eigenvalue weighted by molar-refractivity contribution is 6.17. The highest BCUT2D eigenvalue weighted by Crippen LogP contribution is 2.42. The molecule has 0 saturated heterocycles. The fourth-order valence-electron chi connectivity index (χ4n) is 7.73. The first-order valence-electron chi connectivity index (χ1n) is 17.2. The molecule has 8 aromatic carbocycles. The molecule has 0 saturated carbocycles. The van der Waals surface area contributed by atoms with Crippen molar-refractivity contribution in [3.63, 3.8) is 0 Å². The average molecular weight is 653 g/mol. The number of fused-ring (bicyclic) bond motifs is 11. The Labute approximate surface area is 292 Å². The maximum absolute atomic E-state index is 6.50. The van der Waals surface area contributed by atoms with Crippen LogP contribution in [0.25, 0.3) is 87.5 Å². The van der Waals surface area contributed by atoms with Crippen molar-refractivity contribution in [2.75, 3.05) is 4.90 Å². The van der Waals surface area contributed by atoms with Gasteiger partial charge in [-0.1, -0.05) is 97.1 Å². The third-order valence-corrected chi connectivity index (χ3v) is 10.3. The molecule has 0 aliphatic carbocycles. The second kappa shape index (κ2) is 10.8. The van der Waals surface area contributed by atoms with Crippen LogP contribution in [0.15, 0.2) is 179 Å². The Morgan fingerprint density at radius 1 is 0.373 bits per heavy atom. The van der Waals surface area contributed by atoms with E-state index in [1.165, 1.54) is 5.39 Å². The summed E-state index contributed by atoms with van der Waals surface area (Å²) in [6, 6.07) is 57.7. The molecule has 0 radical (unpaired) electrons. The molecule has 3 aromatic heterocycles. The van der Waals surface area contributed by atoms with E-state index in [0.29, 0.717) is 0 Å². The molecule has 11 aromatic rings. The summed E-state index contributed by atoms with van der Waals surface area (Å²) in [6.45, 7) is 0. The van der Waals surface area contributed by atoms with Gasteiger partial charge in [0.25, 0.3) is 0 Å². The summed E-state index contributed by atoms with van der Waals surface area (Å²) in [4.78, 5) is 7.11. The molecular formula is C47H28N2O2. The standard InChI is InChI=1S/C47H28N2O2/c1-2-8-33-28-48-43(25-32(33)7-1)31-15-19-34(20-16-31)49(35-21-13-29-17-23-39-37-9-3-5-11-44(37)50-46(39)41(29)26-35)36-22-14-30-18-24-40-38-10-4-6-12-45(38)51-47(40)42(30)27-36/h1-28H. The van der Waals surface area contributed by atoms with Gasteiger partial charge < -0.3 is 13.7 Å². The summed E-state index contributed by atoms with van der Waals surface area (Å²) in [5, 5.41) is 11.2.